The van der Waals surface area contributed by atoms with Crippen molar-refractivity contribution in [1.29, 1.82) is 0 Å². The third kappa shape index (κ3) is 4.32. The summed E-state index contributed by atoms with van der Waals surface area (Å²) in [6.07, 6.45) is 2.42. The lowest BCUT2D eigenvalue weighted by Gasteiger charge is -2.20. The molecule has 7 heteroatoms. The van der Waals surface area contributed by atoms with Crippen molar-refractivity contribution in [3.05, 3.63) is 0 Å². The highest BCUT2D eigenvalue weighted by Gasteiger charge is 2.20. The smallest absolute Gasteiger partial charge is 0.220 e. The normalized spacial score (nSPS) is 18.1. The highest BCUT2D eigenvalue weighted by molar-refractivity contribution is 7.92. The third-order valence-corrected chi connectivity index (χ3v) is 4.86. The van der Waals surface area contributed by atoms with Crippen molar-refractivity contribution in [2.24, 2.45) is 5.73 Å². The van der Waals surface area contributed by atoms with E-state index in [2.05, 4.69) is 17.1 Å². The van der Waals surface area contributed by atoms with Gasteiger partial charge in [0.1, 0.15) is 5.75 Å². The molecule has 0 aliphatic carbocycles. The van der Waals surface area contributed by atoms with Crippen LogP contribution in [0.15, 0.2) is 0 Å². The molecule has 1 rings (SSSR count). The minimum Gasteiger partial charge on any atom is -0.392 e. The van der Waals surface area contributed by atoms with E-state index in [1.807, 2.05) is 0 Å². The molecule has 16 heavy (non-hydrogen) atoms. The van der Waals surface area contributed by atoms with Gasteiger partial charge >= 0.3 is 0 Å². The van der Waals surface area contributed by atoms with Crippen molar-refractivity contribution in [2.45, 2.75) is 12.8 Å². The maximum atomic E-state index is 11.7. The zero-order valence-electron chi connectivity index (χ0n) is 9.55. The quantitative estimate of drug-likeness (QED) is 0.664. The number of nitrogens with zero attached hydrogens (tertiary/aromatic N) is 2. The molecule has 1 aliphatic heterocycles. The fraction of sp³-hybridized carbons (Fsp3) is 0.889. The first-order chi connectivity index (χ1) is 7.42. The number of sulfonamides is 1. The van der Waals surface area contributed by atoms with Crippen molar-refractivity contribution in [1.82, 2.24) is 9.21 Å². The first kappa shape index (κ1) is 13.8. The Kier molecular flexibility index (Phi) is 5.10. The zero-order chi connectivity index (χ0) is 12.2. The van der Waals surface area contributed by atoms with Gasteiger partial charge in [-0.3, -0.25) is 0 Å². The number of hydrogen-bond donors (Lipinski definition) is 1. The van der Waals surface area contributed by atoms with E-state index in [-0.39, 0.29) is 10.7 Å². The maximum Gasteiger partial charge on any atom is 0.220 e. The molecule has 1 aliphatic rings. The summed E-state index contributed by atoms with van der Waals surface area (Å²) in [6.45, 7) is 3.43. The van der Waals surface area contributed by atoms with Gasteiger partial charge in [0.25, 0.3) is 0 Å². The second-order valence-corrected chi connectivity index (χ2v) is 6.69. The number of likely N-dealkylation sites (tertiary alicyclic amines) is 1. The van der Waals surface area contributed by atoms with E-state index in [1.54, 1.807) is 7.05 Å². The molecule has 0 aromatic rings. The van der Waals surface area contributed by atoms with Gasteiger partial charge in [0.2, 0.25) is 10.0 Å². The van der Waals surface area contributed by atoms with Crippen LogP contribution in [0.2, 0.25) is 0 Å². The Hall–Kier alpha value is -0.240. The van der Waals surface area contributed by atoms with E-state index >= 15 is 0 Å². The van der Waals surface area contributed by atoms with Crippen molar-refractivity contribution in [2.75, 3.05) is 39.0 Å². The van der Waals surface area contributed by atoms with Gasteiger partial charge < -0.3 is 10.6 Å². The summed E-state index contributed by atoms with van der Waals surface area (Å²) in [6, 6.07) is 0. The first-order valence-electron chi connectivity index (χ1n) is 5.36. The Balaban J connectivity index is 2.38. The molecule has 0 spiro atoms. The van der Waals surface area contributed by atoms with Gasteiger partial charge in [0.05, 0.1) is 4.99 Å². The Labute approximate surface area is 103 Å². The largest absolute Gasteiger partial charge is 0.392 e. The lowest BCUT2D eigenvalue weighted by Crippen LogP contribution is -2.38. The molecule has 5 nitrogen and oxygen atoms in total. The van der Waals surface area contributed by atoms with Crippen LogP contribution in [0.1, 0.15) is 12.8 Å². The maximum absolute atomic E-state index is 11.7. The molecule has 0 radical (unpaired) electrons. The molecule has 0 aromatic heterocycles. The molecule has 1 fully saturated rings. The molecule has 0 amide bonds. The van der Waals surface area contributed by atoms with Crippen LogP contribution in [0, 0.1) is 0 Å². The lowest BCUT2D eigenvalue weighted by atomic mass is 10.4. The molecule has 0 unspecified atom stereocenters. The van der Waals surface area contributed by atoms with Crippen LogP contribution in [0.5, 0.6) is 0 Å². The van der Waals surface area contributed by atoms with Crippen LogP contribution in [0.3, 0.4) is 0 Å². The van der Waals surface area contributed by atoms with Gasteiger partial charge in [0.15, 0.2) is 0 Å². The van der Waals surface area contributed by atoms with Crippen molar-refractivity contribution in [3.63, 3.8) is 0 Å². The summed E-state index contributed by atoms with van der Waals surface area (Å²) in [5, 5.41) is 0. The third-order valence-electron chi connectivity index (χ3n) is 2.73. The molecule has 0 bridgehead atoms. The first-order valence-corrected chi connectivity index (χ1v) is 7.38. The Morgan fingerprint density at radius 3 is 2.50 bits per heavy atom. The molecule has 1 heterocycles. The van der Waals surface area contributed by atoms with Crippen LogP contribution in [-0.2, 0) is 10.0 Å². The summed E-state index contributed by atoms with van der Waals surface area (Å²) in [5.41, 5.74) is 5.25. The predicted molar refractivity (Wildman–Crippen MR) is 68.9 cm³/mol. The van der Waals surface area contributed by atoms with E-state index in [0.717, 1.165) is 19.6 Å². The van der Waals surface area contributed by atoms with Crippen molar-refractivity contribution < 1.29 is 8.42 Å². The molecule has 0 aromatic carbocycles. The second-order valence-electron chi connectivity index (χ2n) is 4.09. The molecule has 1 saturated heterocycles. The average Bonchev–Trinajstić information content (AvgIpc) is 2.64. The fourth-order valence-corrected chi connectivity index (χ4v) is 3.10. The fourth-order valence-electron chi connectivity index (χ4n) is 1.72. The van der Waals surface area contributed by atoms with Gasteiger partial charge in [0, 0.05) is 20.1 Å². The van der Waals surface area contributed by atoms with E-state index in [9.17, 15) is 8.42 Å². The van der Waals surface area contributed by atoms with E-state index < -0.39 is 10.0 Å². The van der Waals surface area contributed by atoms with Crippen LogP contribution in [0.4, 0.5) is 0 Å². The van der Waals surface area contributed by atoms with Gasteiger partial charge in [-0.1, -0.05) is 12.2 Å². The van der Waals surface area contributed by atoms with E-state index in [1.165, 1.54) is 17.1 Å². The number of rotatable bonds is 6. The zero-order valence-corrected chi connectivity index (χ0v) is 11.2. The van der Waals surface area contributed by atoms with Crippen molar-refractivity contribution in [3.8, 4) is 0 Å². The molecule has 0 atom stereocenters. The highest BCUT2D eigenvalue weighted by Crippen LogP contribution is 2.07. The number of thiocarbonyl (C=S) groups is 1. The van der Waals surface area contributed by atoms with Gasteiger partial charge in [-0.05, 0) is 25.9 Å². The monoisotopic (exact) mass is 265 g/mol. The minimum atomic E-state index is -3.31. The summed E-state index contributed by atoms with van der Waals surface area (Å²) in [4.78, 5) is 2.29. The standard InChI is InChI=1S/C9H19N3O2S2/c1-11(16(13,14)8-9(10)15)6-7-12-4-2-3-5-12/h2-8H2,1H3,(H2,10,15). The highest BCUT2D eigenvalue weighted by atomic mass is 32.2. The topological polar surface area (TPSA) is 66.6 Å². The number of nitrogens with two attached hydrogens (primary N) is 1. The van der Waals surface area contributed by atoms with Gasteiger partial charge in [-0.15, -0.1) is 0 Å². The van der Waals surface area contributed by atoms with Gasteiger partial charge in [-0.2, -0.15) is 0 Å². The Bertz CT molecular complexity index is 337. The molecular formula is C9H19N3O2S2. The second kappa shape index (κ2) is 5.90. The molecule has 0 saturated carbocycles. The Morgan fingerprint density at radius 2 is 2.00 bits per heavy atom. The molecule has 94 valence electrons. The summed E-state index contributed by atoms with van der Waals surface area (Å²) < 4.78 is 24.7. The average molecular weight is 265 g/mol. The van der Waals surface area contributed by atoms with Crippen LogP contribution >= 0.6 is 12.2 Å². The SMILES string of the molecule is CN(CCN1CCCC1)S(=O)(=O)CC(N)=S. The van der Waals surface area contributed by atoms with E-state index in [4.69, 9.17) is 5.73 Å². The summed E-state index contributed by atoms with van der Waals surface area (Å²) in [7, 11) is -1.74. The lowest BCUT2D eigenvalue weighted by molar-refractivity contribution is 0.310. The summed E-state index contributed by atoms with van der Waals surface area (Å²) in [5.74, 6) is -0.237. The van der Waals surface area contributed by atoms with Crippen LogP contribution < -0.4 is 5.73 Å². The number of hydrogen-bond acceptors (Lipinski definition) is 4. The van der Waals surface area contributed by atoms with E-state index in [0.29, 0.717) is 6.54 Å². The van der Waals surface area contributed by atoms with Gasteiger partial charge in [-0.25, -0.2) is 12.7 Å². The predicted octanol–water partition coefficient (Wildman–Crippen LogP) is -0.370. The minimum absolute atomic E-state index is 0.0213. The van der Waals surface area contributed by atoms with Crippen LogP contribution in [-0.4, -0.2) is 61.6 Å². The van der Waals surface area contributed by atoms with Crippen molar-refractivity contribution >= 4 is 27.2 Å². The van der Waals surface area contributed by atoms with Crippen LogP contribution in [0.25, 0.3) is 0 Å². The number of likely N-dealkylation sites (N-methyl/N-ethyl adjacent to an activating group) is 1. The molecular weight excluding hydrogens is 246 g/mol. The molecule has 2 N–H and O–H groups in total. The Morgan fingerprint density at radius 1 is 1.44 bits per heavy atom. The summed E-state index contributed by atoms with van der Waals surface area (Å²) >= 11 is 4.62.